The van der Waals surface area contributed by atoms with Gasteiger partial charge in [0.1, 0.15) is 5.52 Å². The third kappa shape index (κ3) is 3.20. The maximum Gasteiger partial charge on any atom is 0.258 e. The fraction of sp³-hybridized carbons (Fsp3) is 0.250. The number of oxazole rings is 1. The highest BCUT2D eigenvalue weighted by atomic mass is 16.5. The Hall–Kier alpha value is -3.98. The van der Waals surface area contributed by atoms with Gasteiger partial charge in [0.25, 0.3) is 5.91 Å². The number of H-pyrrole nitrogens is 1. The molecule has 6 rings (SSSR count). The third-order valence-electron chi connectivity index (χ3n) is 6.10. The zero-order valence-corrected chi connectivity index (χ0v) is 18.3. The van der Waals surface area contributed by atoms with Gasteiger partial charge in [-0.3, -0.25) is 4.79 Å². The maximum atomic E-state index is 13.8. The highest BCUT2D eigenvalue weighted by molar-refractivity contribution is 6.01. The Bertz CT molecular complexity index is 1500. The summed E-state index contributed by atoms with van der Waals surface area (Å²) in [4.78, 5) is 28.0. The second-order valence-corrected chi connectivity index (χ2v) is 8.30. The van der Waals surface area contributed by atoms with E-state index in [2.05, 4.69) is 15.1 Å². The first-order valence-corrected chi connectivity index (χ1v) is 10.8. The molecule has 1 aliphatic rings. The molecule has 33 heavy (non-hydrogen) atoms. The van der Waals surface area contributed by atoms with Crippen LogP contribution in [0.5, 0.6) is 0 Å². The number of benzene rings is 1. The summed E-state index contributed by atoms with van der Waals surface area (Å²) in [6.07, 6.45) is 5.82. The number of hydrogen-bond donors (Lipinski definition) is 1. The second kappa shape index (κ2) is 7.56. The van der Waals surface area contributed by atoms with Gasteiger partial charge in [-0.25, -0.2) is 14.5 Å². The van der Waals surface area contributed by atoms with E-state index in [1.807, 2.05) is 43.5 Å². The predicted molar refractivity (Wildman–Crippen MR) is 120 cm³/mol. The monoisotopic (exact) mass is 442 g/mol. The number of carbonyl (C=O) groups excluding carboxylic acids is 1. The zero-order valence-electron chi connectivity index (χ0n) is 18.3. The summed E-state index contributed by atoms with van der Waals surface area (Å²) in [5.41, 5.74) is 6.54. The van der Waals surface area contributed by atoms with Gasteiger partial charge in [-0.05, 0) is 36.2 Å². The molecule has 1 aliphatic heterocycles. The number of amides is 1. The molecular formula is C24H22N6O3. The number of aromatic nitrogens is 5. The number of nitrogens with one attached hydrogen (secondary N) is 1. The van der Waals surface area contributed by atoms with E-state index in [-0.39, 0.29) is 5.91 Å². The number of hydrogen-bond acceptors (Lipinski definition) is 6. The van der Waals surface area contributed by atoms with Crippen LogP contribution in [0.2, 0.25) is 0 Å². The van der Waals surface area contributed by atoms with Crippen LogP contribution in [0.4, 0.5) is 0 Å². The highest BCUT2D eigenvalue weighted by Gasteiger charge is 2.38. The van der Waals surface area contributed by atoms with Crippen LogP contribution < -0.4 is 0 Å². The van der Waals surface area contributed by atoms with Gasteiger partial charge in [0.15, 0.2) is 11.6 Å². The van der Waals surface area contributed by atoms with E-state index in [0.29, 0.717) is 36.6 Å². The first-order chi connectivity index (χ1) is 16.1. The lowest BCUT2D eigenvalue weighted by molar-refractivity contribution is 0.0669. The van der Waals surface area contributed by atoms with Gasteiger partial charge in [0.2, 0.25) is 5.89 Å². The van der Waals surface area contributed by atoms with Gasteiger partial charge in [-0.2, -0.15) is 5.10 Å². The first-order valence-electron chi connectivity index (χ1n) is 10.8. The molecule has 1 amide bonds. The van der Waals surface area contributed by atoms with Crippen molar-refractivity contribution >= 4 is 22.5 Å². The van der Waals surface area contributed by atoms with Crippen LogP contribution in [-0.2, 0) is 17.8 Å². The van der Waals surface area contributed by atoms with E-state index in [1.54, 1.807) is 29.0 Å². The Morgan fingerprint density at radius 3 is 3.09 bits per heavy atom. The molecule has 0 bridgehead atoms. The van der Waals surface area contributed by atoms with Gasteiger partial charge in [0.05, 0.1) is 35.9 Å². The molecule has 1 N–H and O–H groups in total. The number of aromatic amines is 1. The molecule has 166 valence electrons. The molecule has 9 heteroatoms. The van der Waals surface area contributed by atoms with Crippen molar-refractivity contribution in [2.24, 2.45) is 0 Å². The van der Waals surface area contributed by atoms with E-state index >= 15 is 0 Å². The summed E-state index contributed by atoms with van der Waals surface area (Å²) in [5.74, 6) is 0.317. The Labute approximate surface area is 189 Å². The molecule has 5 aromatic rings. The standard InChI is InChI=1S/C24H22N6O3/c1-14-3-6-20-18(9-14)28-23(33-20)22-21-17(25-13-26-21)7-8-29(22)24(31)16-10-27-30-11-15(12-32-2)4-5-19(16)30/h3-6,9-11,13,22H,7-8,12H2,1-2H3,(H,25,26)/t22-/m0/s1. The van der Waals surface area contributed by atoms with E-state index in [1.165, 1.54) is 0 Å². The molecule has 0 unspecified atom stereocenters. The second-order valence-electron chi connectivity index (χ2n) is 8.30. The number of pyridine rings is 1. The van der Waals surface area contributed by atoms with Crippen LogP contribution in [0.25, 0.3) is 16.6 Å². The van der Waals surface area contributed by atoms with Crippen LogP contribution in [-0.4, -0.2) is 49.0 Å². The average molecular weight is 442 g/mol. The smallest absolute Gasteiger partial charge is 0.258 e. The SMILES string of the molecule is COCc1ccc2c(C(=O)N3CCc4[nH]cnc4[C@H]3c3nc4cc(C)ccc4o3)cnn2c1. The van der Waals surface area contributed by atoms with Gasteiger partial charge in [-0.15, -0.1) is 0 Å². The summed E-state index contributed by atoms with van der Waals surface area (Å²) < 4.78 is 13.0. The molecule has 1 atom stereocenters. The minimum absolute atomic E-state index is 0.137. The Kier molecular flexibility index (Phi) is 4.51. The van der Waals surface area contributed by atoms with Crippen molar-refractivity contribution in [2.45, 2.75) is 26.0 Å². The summed E-state index contributed by atoms with van der Waals surface area (Å²) in [5, 5.41) is 4.41. The molecule has 1 aromatic carbocycles. The molecule has 5 heterocycles. The Morgan fingerprint density at radius 1 is 1.30 bits per heavy atom. The number of aryl methyl sites for hydroxylation is 1. The Balaban J connectivity index is 1.43. The van der Waals surface area contributed by atoms with Crippen LogP contribution >= 0.6 is 0 Å². The quantitative estimate of drug-likeness (QED) is 0.458. The molecule has 4 aromatic heterocycles. The predicted octanol–water partition coefficient (Wildman–Crippen LogP) is 3.44. The molecule has 0 radical (unpaired) electrons. The Morgan fingerprint density at radius 2 is 2.21 bits per heavy atom. The van der Waals surface area contributed by atoms with E-state index < -0.39 is 6.04 Å². The number of fused-ring (bicyclic) bond motifs is 3. The number of rotatable bonds is 4. The lowest BCUT2D eigenvalue weighted by Gasteiger charge is -2.32. The molecule has 0 aliphatic carbocycles. The van der Waals surface area contributed by atoms with Gasteiger partial charge >= 0.3 is 0 Å². The largest absolute Gasteiger partial charge is 0.438 e. The van der Waals surface area contributed by atoms with Crippen molar-refractivity contribution in [1.82, 2.24) is 29.5 Å². The van der Waals surface area contributed by atoms with Crippen molar-refractivity contribution in [1.29, 1.82) is 0 Å². The lowest BCUT2D eigenvalue weighted by atomic mass is 10.0. The van der Waals surface area contributed by atoms with Crippen molar-refractivity contribution in [3.8, 4) is 0 Å². The molecule has 0 fully saturated rings. The number of nitrogens with zero attached hydrogens (tertiary/aromatic N) is 5. The van der Waals surface area contributed by atoms with Crippen molar-refractivity contribution < 1.29 is 13.9 Å². The molecule has 0 saturated heterocycles. The summed E-state index contributed by atoms with van der Waals surface area (Å²) in [6, 6.07) is 9.19. The van der Waals surface area contributed by atoms with Crippen LogP contribution in [0.15, 0.2) is 53.5 Å². The van der Waals surface area contributed by atoms with Gasteiger partial charge in [-0.1, -0.05) is 12.1 Å². The highest BCUT2D eigenvalue weighted by Crippen LogP contribution is 2.36. The van der Waals surface area contributed by atoms with Crippen LogP contribution in [0, 0.1) is 6.92 Å². The van der Waals surface area contributed by atoms with E-state index in [9.17, 15) is 4.79 Å². The van der Waals surface area contributed by atoms with Crippen LogP contribution in [0.3, 0.4) is 0 Å². The minimum Gasteiger partial charge on any atom is -0.438 e. The average Bonchev–Trinajstić information content (AvgIpc) is 3.55. The number of carbonyl (C=O) groups is 1. The number of methoxy groups -OCH3 is 1. The summed E-state index contributed by atoms with van der Waals surface area (Å²) in [7, 11) is 1.65. The van der Waals surface area contributed by atoms with Gasteiger partial charge < -0.3 is 19.0 Å². The minimum atomic E-state index is -0.525. The summed E-state index contributed by atoms with van der Waals surface area (Å²) >= 11 is 0. The number of imidazole rings is 1. The third-order valence-corrected chi connectivity index (χ3v) is 6.10. The fourth-order valence-corrected chi connectivity index (χ4v) is 4.52. The van der Waals surface area contributed by atoms with Gasteiger partial charge in [0, 0.05) is 32.0 Å². The van der Waals surface area contributed by atoms with Crippen molar-refractivity contribution in [3.63, 3.8) is 0 Å². The maximum absolute atomic E-state index is 13.8. The first kappa shape index (κ1) is 19.7. The van der Waals surface area contributed by atoms with E-state index in [4.69, 9.17) is 14.1 Å². The van der Waals surface area contributed by atoms with Crippen molar-refractivity contribution in [2.75, 3.05) is 13.7 Å². The summed E-state index contributed by atoms with van der Waals surface area (Å²) in [6.45, 7) is 3.00. The lowest BCUT2D eigenvalue weighted by Crippen LogP contribution is -2.40. The zero-order chi connectivity index (χ0) is 22.5. The van der Waals surface area contributed by atoms with Crippen molar-refractivity contribution in [3.05, 3.63) is 83.0 Å². The normalized spacial score (nSPS) is 15.9. The molecule has 9 nitrogen and oxygen atoms in total. The van der Waals surface area contributed by atoms with E-state index in [0.717, 1.165) is 33.5 Å². The van der Waals surface area contributed by atoms with Crippen LogP contribution in [0.1, 0.15) is 44.8 Å². The topological polar surface area (TPSA) is 102 Å². The molecule has 0 spiro atoms. The fourth-order valence-electron chi connectivity index (χ4n) is 4.52. The molecular weight excluding hydrogens is 420 g/mol. The molecule has 0 saturated carbocycles. The number of ether oxygens (including phenoxy) is 1.